The molecule has 186 valence electrons. The molecular formula is C25H23Cl2N5O2S2. The number of carbonyl (C=O) groups excluding carboxylic acids is 1. The average Bonchev–Trinajstić information content (AvgIpc) is 3.48. The van der Waals surface area contributed by atoms with E-state index in [1.807, 2.05) is 48.1 Å². The highest BCUT2D eigenvalue weighted by atomic mass is 35.5. The Bertz CT molecular complexity index is 1370. The Hall–Kier alpha value is -2.85. The third kappa shape index (κ3) is 6.47. The van der Waals surface area contributed by atoms with Crippen molar-refractivity contribution in [2.45, 2.75) is 31.7 Å². The highest BCUT2D eigenvalue weighted by Crippen LogP contribution is 2.31. The van der Waals surface area contributed by atoms with Gasteiger partial charge in [-0.05, 0) is 43.7 Å². The summed E-state index contributed by atoms with van der Waals surface area (Å²) in [6.45, 7) is 8.15. The van der Waals surface area contributed by atoms with Crippen LogP contribution in [-0.2, 0) is 11.3 Å². The van der Waals surface area contributed by atoms with Gasteiger partial charge in [0.1, 0.15) is 5.75 Å². The van der Waals surface area contributed by atoms with Gasteiger partial charge in [0.05, 0.1) is 16.5 Å². The van der Waals surface area contributed by atoms with Crippen molar-refractivity contribution < 1.29 is 9.53 Å². The van der Waals surface area contributed by atoms with Crippen molar-refractivity contribution in [3.05, 3.63) is 81.9 Å². The lowest BCUT2D eigenvalue weighted by atomic mass is 10.2. The van der Waals surface area contributed by atoms with Crippen LogP contribution in [0.25, 0.3) is 11.3 Å². The number of carbonyl (C=O) groups is 1. The number of aromatic nitrogens is 4. The third-order valence-corrected chi connectivity index (χ3v) is 7.32. The van der Waals surface area contributed by atoms with Crippen LogP contribution in [0.1, 0.15) is 24.4 Å². The summed E-state index contributed by atoms with van der Waals surface area (Å²) in [6.07, 6.45) is 1.33. The van der Waals surface area contributed by atoms with E-state index in [0.29, 0.717) is 38.5 Å². The predicted octanol–water partition coefficient (Wildman–Crippen LogP) is 7.07. The highest BCUT2D eigenvalue weighted by molar-refractivity contribution is 7.99. The molecule has 1 amide bonds. The van der Waals surface area contributed by atoms with Crippen molar-refractivity contribution in [1.82, 2.24) is 19.7 Å². The number of ether oxygens (including phenoxy) is 1. The van der Waals surface area contributed by atoms with Gasteiger partial charge in [0.25, 0.3) is 0 Å². The number of nitrogens with one attached hydrogen (secondary N) is 1. The van der Waals surface area contributed by atoms with Gasteiger partial charge in [0.2, 0.25) is 5.91 Å². The first-order valence-corrected chi connectivity index (χ1v) is 13.6. The number of nitrogens with zero attached hydrogens (tertiary/aromatic N) is 4. The summed E-state index contributed by atoms with van der Waals surface area (Å²) in [5, 5.41) is 15.6. The molecule has 36 heavy (non-hydrogen) atoms. The molecule has 1 N–H and O–H groups in total. The summed E-state index contributed by atoms with van der Waals surface area (Å²) < 4.78 is 7.95. The number of aryl methyl sites for hydroxylation is 1. The summed E-state index contributed by atoms with van der Waals surface area (Å²) in [4.78, 5) is 17.1. The highest BCUT2D eigenvalue weighted by Gasteiger charge is 2.21. The molecular weight excluding hydrogens is 537 g/mol. The second kappa shape index (κ2) is 11.9. The van der Waals surface area contributed by atoms with E-state index in [4.69, 9.17) is 27.9 Å². The topological polar surface area (TPSA) is 81.9 Å². The Morgan fingerprint density at radius 3 is 2.78 bits per heavy atom. The van der Waals surface area contributed by atoms with E-state index in [1.54, 1.807) is 24.3 Å². The van der Waals surface area contributed by atoms with E-state index < -0.39 is 6.10 Å². The molecule has 2 aromatic heterocycles. The maximum atomic E-state index is 12.6. The second-order valence-electron chi connectivity index (χ2n) is 7.82. The lowest BCUT2D eigenvalue weighted by Gasteiger charge is -2.17. The van der Waals surface area contributed by atoms with Gasteiger partial charge in [0, 0.05) is 22.5 Å². The number of hydrogen-bond donors (Lipinski definition) is 1. The van der Waals surface area contributed by atoms with E-state index in [2.05, 4.69) is 27.1 Å². The van der Waals surface area contributed by atoms with Gasteiger partial charge in [-0.2, -0.15) is 0 Å². The first kappa shape index (κ1) is 26.2. The minimum Gasteiger partial charge on any atom is -0.481 e. The molecule has 0 spiro atoms. The SMILES string of the molecule is C=CCn1c(SCC(=O)Nc2nc(-c3ccc(Cl)cc3)cs2)nnc1C(C)Oc1cc(C)ccc1Cl. The molecule has 0 bridgehead atoms. The van der Waals surface area contributed by atoms with E-state index in [-0.39, 0.29) is 11.7 Å². The van der Waals surface area contributed by atoms with Crippen molar-refractivity contribution in [2.75, 3.05) is 11.1 Å². The van der Waals surface area contributed by atoms with Crippen molar-refractivity contribution in [1.29, 1.82) is 0 Å². The number of thiazole rings is 1. The van der Waals surface area contributed by atoms with Gasteiger partial charge in [-0.1, -0.05) is 59.2 Å². The van der Waals surface area contributed by atoms with Crippen molar-refractivity contribution >= 4 is 57.3 Å². The molecule has 1 atom stereocenters. The molecule has 0 saturated carbocycles. The summed E-state index contributed by atoms with van der Waals surface area (Å²) in [5.41, 5.74) is 2.74. The molecule has 11 heteroatoms. The summed E-state index contributed by atoms with van der Waals surface area (Å²) >= 11 is 14.9. The summed E-state index contributed by atoms with van der Waals surface area (Å²) in [7, 11) is 0. The molecule has 0 saturated heterocycles. The van der Waals surface area contributed by atoms with Crippen LogP contribution >= 0.6 is 46.3 Å². The number of halogens is 2. The van der Waals surface area contributed by atoms with Crippen LogP contribution in [0.15, 0.2) is 65.7 Å². The smallest absolute Gasteiger partial charge is 0.236 e. The Kier molecular flexibility index (Phi) is 8.68. The summed E-state index contributed by atoms with van der Waals surface area (Å²) in [6, 6.07) is 13.0. The van der Waals surface area contributed by atoms with Crippen LogP contribution in [0.3, 0.4) is 0 Å². The quantitative estimate of drug-likeness (QED) is 0.165. The first-order valence-electron chi connectivity index (χ1n) is 10.9. The van der Waals surface area contributed by atoms with E-state index in [1.165, 1.54) is 23.1 Å². The van der Waals surface area contributed by atoms with Gasteiger partial charge in [-0.3, -0.25) is 9.36 Å². The van der Waals surface area contributed by atoms with E-state index in [0.717, 1.165) is 16.8 Å². The molecule has 4 aromatic rings. The van der Waals surface area contributed by atoms with Crippen LogP contribution in [0.5, 0.6) is 5.75 Å². The number of benzene rings is 2. The van der Waals surface area contributed by atoms with E-state index in [9.17, 15) is 4.79 Å². The fourth-order valence-corrected chi connectivity index (χ4v) is 5.10. The molecule has 7 nitrogen and oxygen atoms in total. The van der Waals surface area contributed by atoms with Crippen molar-refractivity contribution in [3.8, 4) is 17.0 Å². The maximum absolute atomic E-state index is 12.6. The van der Waals surface area contributed by atoms with Crippen LogP contribution in [-0.4, -0.2) is 31.4 Å². The predicted molar refractivity (Wildman–Crippen MR) is 147 cm³/mol. The molecule has 2 aromatic carbocycles. The summed E-state index contributed by atoms with van der Waals surface area (Å²) in [5.74, 6) is 1.14. The monoisotopic (exact) mass is 559 g/mol. The van der Waals surface area contributed by atoms with Gasteiger partial charge in [-0.25, -0.2) is 4.98 Å². The zero-order valence-electron chi connectivity index (χ0n) is 19.6. The zero-order chi connectivity index (χ0) is 25.7. The van der Waals surface area contributed by atoms with Gasteiger partial charge >= 0.3 is 0 Å². The Morgan fingerprint density at radius 2 is 2.03 bits per heavy atom. The number of allylic oxidation sites excluding steroid dienone is 1. The Morgan fingerprint density at radius 1 is 1.25 bits per heavy atom. The van der Waals surface area contributed by atoms with Gasteiger partial charge < -0.3 is 10.1 Å². The lowest BCUT2D eigenvalue weighted by Crippen LogP contribution is -2.15. The fourth-order valence-electron chi connectivity index (χ4n) is 3.32. The number of amides is 1. The first-order chi connectivity index (χ1) is 17.3. The van der Waals surface area contributed by atoms with Crippen molar-refractivity contribution in [2.24, 2.45) is 0 Å². The standard InChI is InChI=1S/C25H23Cl2N5O2S2/c1-4-11-32-23(16(3)34-21-12-15(2)5-10-19(21)27)30-31-25(32)36-14-22(33)29-24-28-20(13-35-24)17-6-8-18(26)9-7-17/h4-10,12-13,16H,1,11,14H2,2-3H3,(H,28,29,33). The van der Waals surface area contributed by atoms with Gasteiger partial charge in [0.15, 0.2) is 22.2 Å². The van der Waals surface area contributed by atoms with Crippen LogP contribution < -0.4 is 10.1 Å². The number of rotatable bonds is 10. The molecule has 0 aliphatic carbocycles. The Balaban J connectivity index is 1.40. The lowest BCUT2D eigenvalue weighted by molar-refractivity contribution is -0.113. The molecule has 0 aliphatic rings. The maximum Gasteiger partial charge on any atom is 0.236 e. The fraction of sp³-hybridized carbons (Fsp3) is 0.200. The number of hydrogen-bond acceptors (Lipinski definition) is 7. The van der Waals surface area contributed by atoms with E-state index >= 15 is 0 Å². The number of thioether (sulfide) groups is 1. The Labute approximate surface area is 227 Å². The molecule has 0 fully saturated rings. The zero-order valence-corrected chi connectivity index (χ0v) is 22.7. The van der Waals surface area contributed by atoms with Gasteiger partial charge in [-0.15, -0.1) is 28.1 Å². The van der Waals surface area contributed by atoms with Crippen LogP contribution in [0, 0.1) is 6.92 Å². The second-order valence-corrected chi connectivity index (χ2v) is 10.5. The molecule has 1 unspecified atom stereocenters. The van der Waals surface area contributed by atoms with Crippen LogP contribution in [0.2, 0.25) is 10.0 Å². The normalized spacial score (nSPS) is 11.8. The average molecular weight is 561 g/mol. The minimum absolute atomic E-state index is 0.143. The van der Waals surface area contributed by atoms with Crippen molar-refractivity contribution in [3.63, 3.8) is 0 Å². The number of anilines is 1. The molecule has 4 rings (SSSR count). The van der Waals surface area contributed by atoms with Crippen LogP contribution in [0.4, 0.5) is 5.13 Å². The third-order valence-electron chi connectivity index (χ3n) is 5.03. The molecule has 0 aliphatic heterocycles. The molecule has 2 heterocycles. The minimum atomic E-state index is -0.415. The largest absolute Gasteiger partial charge is 0.481 e. The molecule has 0 radical (unpaired) electrons.